The molecule has 1 atom stereocenters. The molecule has 2 aliphatic heterocycles. The Balaban J connectivity index is 1.82. The molecule has 0 aliphatic carbocycles. The lowest BCUT2D eigenvalue weighted by Gasteiger charge is -2.38. The third-order valence-electron chi connectivity index (χ3n) is 4.97. The van der Waals surface area contributed by atoms with E-state index in [-0.39, 0.29) is 18.7 Å². The van der Waals surface area contributed by atoms with Crippen molar-refractivity contribution >= 4 is 11.8 Å². The number of aliphatic hydroxyl groups is 1. The Bertz CT molecular complexity index is 424. The van der Waals surface area contributed by atoms with Crippen molar-refractivity contribution in [1.82, 2.24) is 14.7 Å². The molecule has 0 spiro atoms. The van der Waals surface area contributed by atoms with Crippen LogP contribution in [0.4, 0.5) is 0 Å². The maximum atomic E-state index is 12.1. The predicted octanol–water partition coefficient (Wildman–Crippen LogP) is -0.757. The van der Waals surface area contributed by atoms with E-state index in [9.17, 15) is 14.7 Å². The van der Waals surface area contributed by atoms with E-state index in [0.29, 0.717) is 26.1 Å². The molecule has 2 fully saturated rings. The van der Waals surface area contributed by atoms with Crippen molar-refractivity contribution in [2.24, 2.45) is 5.73 Å². The number of hydrogen-bond acceptors (Lipinski definition) is 5. The van der Waals surface area contributed by atoms with Gasteiger partial charge < -0.3 is 20.6 Å². The van der Waals surface area contributed by atoms with Crippen LogP contribution >= 0.6 is 0 Å². The monoisotopic (exact) mass is 326 g/mol. The molecule has 132 valence electrons. The van der Waals surface area contributed by atoms with E-state index in [1.165, 1.54) is 0 Å². The molecule has 0 saturated carbocycles. The Hall–Kier alpha value is -1.18. The van der Waals surface area contributed by atoms with Crippen molar-refractivity contribution in [2.45, 2.75) is 37.7 Å². The van der Waals surface area contributed by atoms with Crippen LogP contribution < -0.4 is 5.73 Å². The molecule has 2 heterocycles. The summed E-state index contributed by atoms with van der Waals surface area (Å²) in [6.07, 6.45) is 2.39. The van der Waals surface area contributed by atoms with Gasteiger partial charge in [-0.05, 0) is 26.3 Å². The van der Waals surface area contributed by atoms with E-state index in [1.807, 2.05) is 0 Å². The highest BCUT2D eigenvalue weighted by Gasteiger charge is 2.33. The van der Waals surface area contributed by atoms with E-state index in [0.717, 1.165) is 39.0 Å². The normalized spacial score (nSPS) is 27.7. The standard InChI is InChI=1S/C16H30N4O3/c1-18-9-11-19(12-10-18)13-16(23)5-2-7-20(8-6-16)15(22)4-3-14(17)21/h23H,2-13H2,1H3,(H2,17,21). The molecule has 2 aliphatic rings. The fourth-order valence-corrected chi connectivity index (χ4v) is 3.40. The quantitative estimate of drug-likeness (QED) is 0.693. The number of carbonyl (C=O) groups excluding carboxylic acids is 2. The summed E-state index contributed by atoms with van der Waals surface area (Å²) in [5, 5.41) is 10.9. The Kier molecular flexibility index (Phi) is 6.38. The van der Waals surface area contributed by atoms with Gasteiger partial charge in [-0.3, -0.25) is 14.5 Å². The third-order valence-corrected chi connectivity index (χ3v) is 4.97. The minimum Gasteiger partial charge on any atom is -0.388 e. The average molecular weight is 326 g/mol. The number of likely N-dealkylation sites (N-methyl/N-ethyl adjacent to an activating group) is 1. The second kappa shape index (κ2) is 8.08. The van der Waals surface area contributed by atoms with E-state index >= 15 is 0 Å². The molecule has 0 bridgehead atoms. The second-order valence-corrected chi connectivity index (χ2v) is 7.00. The first-order chi connectivity index (χ1) is 10.9. The van der Waals surface area contributed by atoms with Crippen molar-refractivity contribution in [3.05, 3.63) is 0 Å². The molecule has 23 heavy (non-hydrogen) atoms. The van der Waals surface area contributed by atoms with Crippen LogP contribution in [0.5, 0.6) is 0 Å². The molecule has 0 aromatic rings. The molecular weight excluding hydrogens is 296 g/mol. The lowest BCUT2D eigenvalue weighted by Crippen LogP contribution is -2.51. The summed E-state index contributed by atoms with van der Waals surface area (Å²) in [4.78, 5) is 29.3. The second-order valence-electron chi connectivity index (χ2n) is 7.00. The lowest BCUT2D eigenvalue weighted by atomic mass is 9.94. The van der Waals surface area contributed by atoms with E-state index < -0.39 is 11.5 Å². The molecule has 0 aromatic carbocycles. The minimum atomic E-state index is -0.714. The molecule has 2 rings (SSSR count). The number of rotatable bonds is 5. The Labute approximate surface area is 138 Å². The van der Waals surface area contributed by atoms with Gasteiger partial charge in [0.15, 0.2) is 0 Å². The Morgan fingerprint density at radius 1 is 1.04 bits per heavy atom. The summed E-state index contributed by atoms with van der Waals surface area (Å²) in [5.74, 6) is -0.479. The zero-order valence-electron chi connectivity index (χ0n) is 14.2. The number of amides is 2. The lowest BCUT2D eigenvalue weighted by molar-refractivity contribution is -0.133. The fraction of sp³-hybridized carbons (Fsp3) is 0.875. The van der Waals surface area contributed by atoms with Gasteiger partial charge in [0.2, 0.25) is 11.8 Å². The molecule has 1 unspecified atom stereocenters. The summed E-state index contributed by atoms with van der Waals surface area (Å²) in [6, 6.07) is 0. The molecule has 3 N–H and O–H groups in total. The van der Waals surface area contributed by atoms with Gasteiger partial charge in [-0.1, -0.05) is 0 Å². The summed E-state index contributed by atoms with van der Waals surface area (Å²) in [7, 11) is 2.12. The summed E-state index contributed by atoms with van der Waals surface area (Å²) < 4.78 is 0. The zero-order valence-corrected chi connectivity index (χ0v) is 14.2. The van der Waals surface area contributed by atoms with Gasteiger partial charge in [0.1, 0.15) is 0 Å². The SMILES string of the molecule is CN1CCN(CC2(O)CCCN(C(=O)CCC(N)=O)CC2)CC1. The van der Waals surface area contributed by atoms with Crippen LogP contribution in [0.25, 0.3) is 0 Å². The zero-order chi connectivity index (χ0) is 16.9. The number of likely N-dealkylation sites (tertiary alicyclic amines) is 1. The Morgan fingerprint density at radius 2 is 1.74 bits per heavy atom. The minimum absolute atomic E-state index is 0.0346. The first kappa shape index (κ1) is 18.2. The topological polar surface area (TPSA) is 90.1 Å². The highest BCUT2D eigenvalue weighted by atomic mass is 16.3. The van der Waals surface area contributed by atoms with Gasteiger partial charge in [0, 0.05) is 58.7 Å². The van der Waals surface area contributed by atoms with Crippen LogP contribution in [0.15, 0.2) is 0 Å². The van der Waals surface area contributed by atoms with Crippen LogP contribution in [-0.4, -0.2) is 90.1 Å². The number of nitrogens with two attached hydrogens (primary N) is 1. The van der Waals surface area contributed by atoms with Gasteiger partial charge in [-0.2, -0.15) is 0 Å². The molecule has 7 nitrogen and oxygen atoms in total. The van der Waals surface area contributed by atoms with Gasteiger partial charge >= 0.3 is 0 Å². The molecule has 0 aromatic heterocycles. The summed E-state index contributed by atoms with van der Waals surface area (Å²) >= 11 is 0. The first-order valence-corrected chi connectivity index (χ1v) is 8.57. The van der Waals surface area contributed by atoms with Gasteiger partial charge in [-0.15, -0.1) is 0 Å². The largest absolute Gasteiger partial charge is 0.388 e. The molecule has 0 radical (unpaired) electrons. The van der Waals surface area contributed by atoms with Crippen LogP contribution in [0.2, 0.25) is 0 Å². The van der Waals surface area contributed by atoms with Crippen LogP contribution in [0.1, 0.15) is 32.1 Å². The van der Waals surface area contributed by atoms with E-state index in [4.69, 9.17) is 5.73 Å². The maximum Gasteiger partial charge on any atom is 0.223 e. The maximum absolute atomic E-state index is 12.1. The average Bonchev–Trinajstić information content (AvgIpc) is 2.69. The number of primary amides is 1. The van der Waals surface area contributed by atoms with Gasteiger partial charge in [0.25, 0.3) is 0 Å². The van der Waals surface area contributed by atoms with Gasteiger partial charge in [-0.25, -0.2) is 0 Å². The number of hydrogen-bond donors (Lipinski definition) is 2. The smallest absolute Gasteiger partial charge is 0.223 e. The highest BCUT2D eigenvalue weighted by molar-refractivity contribution is 5.82. The van der Waals surface area contributed by atoms with Crippen molar-refractivity contribution in [2.75, 3.05) is 52.9 Å². The summed E-state index contributed by atoms with van der Waals surface area (Å²) in [5.41, 5.74) is 4.39. The fourth-order valence-electron chi connectivity index (χ4n) is 3.40. The van der Waals surface area contributed by atoms with E-state index in [2.05, 4.69) is 16.8 Å². The summed E-state index contributed by atoms with van der Waals surface area (Å²) in [6.45, 7) is 5.94. The van der Waals surface area contributed by atoms with Crippen molar-refractivity contribution in [1.29, 1.82) is 0 Å². The Morgan fingerprint density at radius 3 is 2.39 bits per heavy atom. The van der Waals surface area contributed by atoms with Crippen LogP contribution in [0.3, 0.4) is 0 Å². The van der Waals surface area contributed by atoms with Crippen LogP contribution in [0, 0.1) is 0 Å². The molecule has 7 heteroatoms. The van der Waals surface area contributed by atoms with E-state index in [1.54, 1.807) is 4.90 Å². The highest BCUT2D eigenvalue weighted by Crippen LogP contribution is 2.24. The first-order valence-electron chi connectivity index (χ1n) is 8.57. The van der Waals surface area contributed by atoms with Crippen molar-refractivity contribution in [3.8, 4) is 0 Å². The third kappa shape index (κ3) is 5.75. The van der Waals surface area contributed by atoms with Gasteiger partial charge in [0.05, 0.1) is 5.60 Å². The number of β-amino-alcohol motifs (C(OH)–C–C–N with tert-alkyl or cyclic N) is 1. The number of carbonyl (C=O) groups is 2. The molecule has 2 amide bonds. The van der Waals surface area contributed by atoms with Crippen molar-refractivity contribution in [3.63, 3.8) is 0 Å². The number of piperazine rings is 1. The van der Waals surface area contributed by atoms with Crippen LogP contribution in [-0.2, 0) is 9.59 Å². The number of nitrogens with zero attached hydrogens (tertiary/aromatic N) is 3. The molecule has 2 saturated heterocycles. The predicted molar refractivity (Wildman–Crippen MR) is 87.7 cm³/mol. The molecular formula is C16H30N4O3. The van der Waals surface area contributed by atoms with Crippen molar-refractivity contribution < 1.29 is 14.7 Å².